The van der Waals surface area contributed by atoms with Crippen molar-refractivity contribution in [2.45, 2.75) is 13.1 Å². The number of carbonyl (C=O) groups is 1. The van der Waals surface area contributed by atoms with Crippen LogP contribution < -0.4 is 16.6 Å². The minimum Gasteiger partial charge on any atom is -0.501 e. The fraction of sp³-hybridized carbons (Fsp3) is 0.154. The van der Waals surface area contributed by atoms with Gasteiger partial charge in [0, 0.05) is 24.2 Å². The number of H-pyrrole nitrogens is 1. The fourth-order valence-corrected chi connectivity index (χ4v) is 1.76. The van der Waals surface area contributed by atoms with Crippen molar-refractivity contribution in [3.63, 3.8) is 0 Å². The monoisotopic (exact) mass is 328 g/mol. The van der Waals surface area contributed by atoms with Gasteiger partial charge in [-0.2, -0.15) is 0 Å². The van der Waals surface area contributed by atoms with E-state index in [4.69, 9.17) is 5.73 Å². The normalized spacial score (nSPS) is 10.6. The van der Waals surface area contributed by atoms with Crippen LogP contribution >= 0.6 is 0 Å². The number of aromatic hydroxyl groups is 1. The van der Waals surface area contributed by atoms with E-state index >= 15 is 0 Å². The maximum Gasteiger partial charge on any atom is 0.293 e. The molecule has 0 unspecified atom stereocenters. The average Bonchev–Trinajstić information content (AvgIpc) is 2.48. The first-order valence-corrected chi connectivity index (χ1v) is 6.27. The lowest BCUT2D eigenvalue weighted by molar-refractivity contribution is 0.0941. The minimum atomic E-state index is -1.19. The number of nitrogens with one attached hydrogen (secondary N) is 2. The Kier molecular flexibility index (Phi) is 4.65. The first kappa shape index (κ1) is 16.5. The van der Waals surface area contributed by atoms with Crippen molar-refractivity contribution in [3.8, 4) is 5.75 Å². The molecule has 2 aromatic rings. The van der Waals surface area contributed by atoms with E-state index in [9.17, 15) is 27.9 Å². The van der Waals surface area contributed by atoms with Crippen molar-refractivity contribution >= 4 is 5.91 Å². The molecule has 2 rings (SSSR count). The van der Waals surface area contributed by atoms with E-state index in [0.29, 0.717) is 12.1 Å². The minimum absolute atomic E-state index is 0.0582. The highest BCUT2D eigenvalue weighted by Gasteiger charge is 2.19. The molecule has 23 heavy (non-hydrogen) atoms. The molecule has 1 aromatic carbocycles. The zero-order valence-corrected chi connectivity index (χ0v) is 11.5. The molecular weight excluding hydrogens is 317 g/mol. The van der Waals surface area contributed by atoms with E-state index in [2.05, 4.69) is 15.3 Å². The molecule has 0 aliphatic rings. The third-order valence-electron chi connectivity index (χ3n) is 2.88. The lowest BCUT2D eigenvalue weighted by atomic mass is 10.2. The number of carbonyl (C=O) groups excluding carboxylic acids is 1. The lowest BCUT2D eigenvalue weighted by Crippen LogP contribution is -2.28. The highest BCUT2D eigenvalue weighted by Crippen LogP contribution is 2.15. The molecule has 0 fully saturated rings. The van der Waals surface area contributed by atoms with E-state index in [1.54, 1.807) is 0 Å². The van der Waals surface area contributed by atoms with Crippen molar-refractivity contribution in [1.82, 2.24) is 15.3 Å². The first-order valence-electron chi connectivity index (χ1n) is 6.27. The van der Waals surface area contributed by atoms with E-state index in [-0.39, 0.29) is 12.4 Å². The Balaban J connectivity index is 2.24. The van der Waals surface area contributed by atoms with Crippen LogP contribution in [0, 0.1) is 17.5 Å². The van der Waals surface area contributed by atoms with Gasteiger partial charge in [-0.15, -0.1) is 0 Å². The highest BCUT2D eigenvalue weighted by atomic mass is 19.1. The van der Waals surface area contributed by atoms with Crippen LogP contribution in [0.2, 0.25) is 0 Å². The summed E-state index contributed by atoms with van der Waals surface area (Å²) in [5.74, 6) is -5.54. The van der Waals surface area contributed by atoms with Gasteiger partial charge in [-0.3, -0.25) is 9.59 Å². The van der Waals surface area contributed by atoms with E-state index < -0.39 is 52.5 Å². The summed E-state index contributed by atoms with van der Waals surface area (Å²) < 4.78 is 39.7. The van der Waals surface area contributed by atoms with Crippen LogP contribution in [-0.4, -0.2) is 21.0 Å². The zero-order chi connectivity index (χ0) is 17.1. The van der Waals surface area contributed by atoms with Crippen molar-refractivity contribution in [1.29, 1.82) is 0 Å². The third-order valence-corrected chi connectivity index (χ3v) is 2.88. The number of hydrogen-bond donors (Lipinski definition) is 4. The molecule has 1 heterocycles. The smallest absolute Gasteiger partial charge is 0.293 e. The van der Waals surface area contributed by atoms with Gasteiger partial charge >= 0.3 is 0 Å². The van der Waals surface area contributed by atoms with E-state index in [0.717, 1.165) is 0 Å². The van der Waals surface area contributed by atoms with Crippen LogP contribution in [0.15, 0.2) is 16.9 Å². The molecule has 7 nitrogen and oxygen atoms in total. The summed E-state index contributed by atoms with van der Waals surface area (Å²) in [6.07, 6.45) is 0. The summed E-state index contributed by atoms with van der Waals surface area (Å²) in [5.41, 5.74) is 3.07. The van der Waals surface area contributed by atoms with Gasteiger partial charge in [-0.1, -0.05) is 0 Å². The Bertz CT molecular complexity index is 800. The number of amides is 1. The molecule has 0 saturated heterocycles. The molecule has 10 heteroatoms. The molecule has 0 saturated carbocycles. The van der Waals surface area contributed by atoms with Crippen LogP contribution in [0.3, 0.4) is 0 Å². The van der Waals surface area contributed by atoms with Crippen molar-refractivity contribution < 1.29 is 23.1 Å². The van der Waals surface area contributed by atoms with Crippen molar-refractivity contribution in [3.05, 3.63) is 57.0 Å². The summed E-state index contributed by atoms with van der Waals surface area (Å²) in [4.78, 5) is 29.1. The summed E-state index contributed by atoms with van der Waals surface area (Å²) in [6.45, 7) is -0.834. The quantitative estimate of drug-likeness (QED) is 0.642. The second-order valence-corrected chi connectivity index (χ2v) is 4.44. The van der Waals surface area contributed by atoms with Crippen LogP contribution in [0.25, 0.3) is 0 Å². The predicted octanol–water partition coefficient (Wildman–Crippen LogP) is 0.281. The average molecular weight is 328 g/mol. The van der Waals surface area contributed by atoms with Gasteiger partial charge < -0.3 is 21.1 Å². The maximum atomic E-state index is 13.5. The van der Waals surface area contributed by atoms with Crippen LogP contribution in [0.4, 0.5) is 13.2 Å². The predicted molar refractivity (Wildman–Crippen MR) is 71.9 cm³/mol. The fourth-order valence-electron chi connectivity index (χ4n) is 1.76. The number of aromatic amines is 1. The number of halogens is 3. The van der Waals surface area contributed by atoms with E-state index in [1.807, 2.05) is 0 Å². The number of benzene rings is 1. The largest absolute Gasteiger partial charge is 0.501 e. The Morgan fingerprint density at radius 3 is 2.48 bits per heavy atom. The highest BCUT2D eigenvalue weighted by molar-refractivity contribution is 5.94. The molecule has 0 spiro atoms. The number of rotatable bonds is 4. The zero-order valence-electron chi connectivity index (χ0n) is 11.5. The standard InChI is InChI=1S/C13H11F3N4O3/c14-5-1-7(15)6(8(16)2-5)4-18-12(22)10-11(21)13(23)20-9(3-17)19-10/h1-2,21H,3-4,17H2,(H,18,22)(H,19,20,23). The second kappa shape index (κ2) is 6.48. The lowest BCUT2D eigenvalue weighted by Gasteiger charge is -2.09. The summed E-state index contributed by atoms with van der Waals surface area (Å²) in [6, 6.07) is 0.917. The van der Waals surface area contributed by atoms with Crippen molar-refractivity contribution in [2.24, 2.45) is 5.73 Å². The molecule has 0 radical (unpaired) electrons. The van der Waals surface area contributed by atoms with Crippen LogP contribution in [-0.2, 0) is 13.1 Å². The first-order chi connectivity index (χ1) is 10.8. The number of nitrogens with two attached hydrogens (primary N) is 1. The van der Waals surface area contributed by atoms with Gasteiger partial charge in [0.25, 0.3) is 11.5 Å². The Morgan fingerprint density at radius 2 is 1.91 bits per heavy atom. The third kappa shape index (κ3) is 3.48. The van der Waals surface area contributed by atoms with E-state index in [1.165, 1.54) is 0 Å². The Labute approximate surface area is 127 Å². The van der Waals surface area contributed by atoms with Crippen LogP contribution in [0.1, 0.15) is 21.9 Å². The SMILES string of the molecule is NCc1nc(C(=O)NCc2c(F)cc(F)cc2F)c(O)c(=O)[nH]1. The molecule has 0 aliphatic heterocycles. The van der Waals surface area contributed by atoms with Gasteiger partial charge in [0.1, 0.15) is 23.3 Å². The Morgan fingerprint density at radius 1 is 1.30 bits per heavy atom. The van der Waals surface area contributed by atoms with Crippen LogP contribution in [0.5, 0.6) is 5.75 Å². The molecule has 1 aromatic heterocycles. The number of hydrogen-bond acceptors (Lipinski definition) is 5. The molecular formula is C13H11F3N4O3. The van der Waals surface area contributed by atoms with Gasteiger partial charge in [0.2, 0.25) is 5.75 Å². The summed E-state index contributed by atoms with van der Waals surface area (Å²) in [7, 11) is 0. The van der Waals surface area contributed by atoms with Gasteiger partial charge in [0.05, 0.1) is 6.54 Å². The second-order valence-electron chi connectivity index (χ2n) is 4.44. The number of nitrogens with zero attached hydrogens (tertiary/aromatic N) is 1. The number of aromatic nitrogens is 2. The molecule has 122 valence electrons. The topological polar surface area (TPSA) is 121 Å². The maximum absolute atomic E-state index is 13.5. The molecule has 0 atom stereocenters. The molecule has 1 amide bonds. The van der Waals surface area contributed by atoms with Gasteiger partial charge in [-0.25, -0.2) is 18.2 Å². The Hall–Kier alpha value is -2.88. The molecule has 0 bridgehead atoms. The summed E-state index contributed by atoms with van der Waals surface area (Å²) >= 11 is 0. The van der Waals surface area contributed by atoms with Crippen molar-refractivity contribution in [2.75, 3.05) is 0 Å². The van der Waals surface area contributed by atoms with Gasteiger partial charge in [0.15, 0.2) is 5.69 Å². The summed E-state index contributed by atoms with van der Waals surface area (Å²) in [5, 5.41) is 11.6. The molecule has 5 N–H and O–H groups in total. The van der Waals surface area contributed by atoms with Gasteiger partial charge in [-0.05, 0) is 0 Å². The molecule has 0 aliphatic carbocycles.